The lowest BCUT2D eigenvalue weighted by atomic mass is 9.96. The molecule has 1 N–H and O–H groups in total. The van der Waals surface area contributed by atoms with Gasteiger partial charge in [0.05, 0.1) is 0 Å². The summed E-state index contributed by atoms with van der Waals surface area (Å²) in [4.78, 5) is 10.7. The van der Waals surface area contributed by atoms with Crippen LogP contribution in [0, 0.1) is 5.82 Å². The number of nitrogens with zero attached hydrogens (tertiary/aromatic N) is 3. The van der Waals surface area contributed by atoms with Crippen LogP contribution in [0.5, 0.6) is 0 Å². The van der Waals surface area contributed by atoms with Crippen LogP contribution in [0.4, 0.5) is 21.7 Å². The molecule has 104 valence electrons. The molecule has 1 atom stereocenters. The monoisotopic (exact) mass is 272 g/mol. The minimum atomic E-state index is -0.183. The van der Waals surface area contributed by atoms with Crippen molar-refractivity contribution in [1.82, 2.24) is 9.97 Å². The van der Waals surface area contributed by atoms with Gasteiger partial charge in [-0.1, -0.05) is 0 Å². The van der Waals surface area contributed by atoms with Gasteiger partial charge in [-0.05, 0) is 43.5 Å². The Labute approximate surface area is 117 Å². The van der Waals surface area contributed by atoms with Crippen molar-refractivity contribution in [2.45, 2.75) is 25.8 Å². The molecule has 0 radical (unpaired) electrons. The molecule has 0 spiro atoms. The number of hydrogen-bond donors (Lipinski definition) is 1. The lowest BCUT2D eigenvalue weighted by Crippen LogP contribution is -2.34. The van der Waals surface area contributed by atoms with E-state index in [1.807, 2.05) is 19.2 Å². The fourth-order valence-corrected chi connectivity index (χ4v) is 2.68. The molecule has 0 saturated carbocycles. The Morgan fingerprint density at radius 3 is 2.95 bits per heavy atom. The Hall–Kier alpha value is -2.17. The highest BCUT2D eigenvalue weighted by Gasteiger charge is 2.25. The van der Waals surface area contributed by atoms with Crippen molar-refractivity contribution in [3.63, 3.8) is 0 Å². The Kier molecular flexibility index (Phi) is 3.26. The summed E-state index contributed by atoms with van der Waals surface area (Å²) in [7, 11) is 1.83. The van der Waals surface area contributed by atoms with Gasteiger partial charge in [-0.15, -0.1) is 0 Å². The highest BCUT2D eigenvalue weighted by atomic mass is 19.1. The van der Waals surface area contributed by atoms with E-state index < -0.39 is 0 Å². The van der Waals surface area contributed by atoms with E-state index in [0.29, 0.717) is 6.04 Å². The van der Waals surface area contributed by atoms with Crippen molar-refractivity contribution in [1.29, 1.82) is 0 Å². The van der Waals surface area contributed by atoms with Crippen molar-refractivity contribution >= 4 is 17.3 Å². The van der Waals surface area contributed by atoms with Gasteiger partial charge < -0.3 is 10.2 Å². The average Bonchev–Trinajstić information content (AvgIpc) is 2.47. The molecule has 0 saturated heterocycles. The third-order valence-electron chi connectivity index (χ3n) is 3.73. The van der Waals surface area contributed by atoms with Crippen molar-refractivity contribution in [2.75, 3.05) is 17.3 Å². The van der Waals surface area contributed by atoms with Crippen LogP contribution in [0.25, 0.3) is 0 Å². The van der Waals surface area contributed by atoms with Crippen LogP contribution in [0.15, 0.2) is 30.6 Å². The van der Waals surface area contributed by atoms with Crippen LogP contribution in [-0.2, 0) is 6.42 Å². The van der Waals surface area contributed by atoms with E-state index in [0.717, 1.165) is 35.7 Å². The number of rotatable bonds is 2. The summed E-state index contributed by atoms with van der Waals surface area (Å²) in [6, 6.07) is 7.20. The summed E-state index contributed by atoms with van der Waals surface area (Å²) in [5.74, 6) is 1.43. The molecule has 0 aliphatic carbocycles. The molecular formula is C15H17FN4. The molecule has 3 rings (SSSR count). The molecule has 1 aliphatic rings. The van der Waals surface area contributed by atoms with Gasteiger partial charge in [-0.2, -0.15) is 0 Å². The Morgan fingerprint density at radius 1 is 1.30 bits per heavy atom. The van der Waals surface area contributed by atoms with Crippen LogP contribution < -0.4 is 10.2 Å². The molecule has 0 amide bonds. The summed E-state index contributed by atoms with van der Waals surface area (Å²) in [5, 5.41) is 3.02. The quantitative estimate of drug-likeness (QED) is 0.912. The van der Waals surface area contributed by atoms with Gasteiger partial charge in [0.2, 0.25) is 0 Å². The minimum Gasteiger partial charge on any atom is -0.373 e. The first-order chi connectivity index (χ1) is 9.69. The van der Waals surface area contributed by atoms with E-state index in [4.69, 9.17) is 0 Å². The SMILES string of the molecule is CNc1cc(N2c3ccc(F)cc3CCC2C)ncn1. The molecule has 2 heterocycles. The summed E-state index contributed by atoms with van der Waals surface area (Å²) in [5.41, 5.74) is 2.07. The molecule has 1 unspecified atom stereocenters. The first kappa shape index (κ1) is 12.8. The van der Waals surface area contributed by atoms with Crippen molar-refractivity contribution in [3.8, 4) is 0 Å². The third kappa shape index (κ3) is 2.19. The maximum Gasteiger partial charge on any atom is 0.138 e. The van der Waals surface area contributed by atoms with Gasteiger partial charge >= 0.3 is 0 Å². The van der Waals surface area contributed by atoms with E-state index in [-0.39, 0.29) is 5.82 Å². The second-order valence-electron chi connectivity index (χ2n) is 5.04. The van der Waals surface area contributed by atoms with Crippen molar-refractivity contribution in [3.05, 3.63) is 42.0 Å². The Morgan fingerprint density at radius 2 is 2.15 bits per heavy atom. The smallest absolute Gasteiger partial charge is 0.138 e. The van der Waals surface area contributed by atoms with Gasteiger partial charge in [0.15, 0.2) is 0 Å². The minimum absolute atomic E-state index is 0.183. The molecule has 0 fully saturated rings. The second kappa shape index (κ2) is 5.07. The molecule has 1 aliphatic heterocycles. The summed E-state index contributed by atoms with van der Waals surface area (Å²) in [6.07, 6.45) is 3.43. The molecule has 0 bridgehead atoms. The summed E-state index contributed by atoms with van der Waals surface area (Å²) < 4.78 is 13.4. The zero-order valence-corrected chi connectivity index (χ0v) is 11.6. The summed E-state index contributed by atoms with van der Waals surface area (Å²) >= 11 is 0. The standard InChI is InChI=1S/C15H17FN4/c1-10-3-4-11-7-12(16)5-6-13(11)20(10)15-8-14(17-2)18-9-19-15/h5-10H,3-4H2,1-2H3,(H,17,18,19). The van der Waals surface area contributed by atoms with Gasteiger partial charge in [-0.3, -0.25) is 0 Å². The van der Waals surface area contributed by atoms with Crippen LogP contribution >= 0.6 is 0 Å². The molecule has 20 heavy (non-hydrogen) atoms. The molecule has 1 aromatic carbocycles. The number of halogens is 1. The third-order valence-corrected chi connectivity index (χ3v) is 3.73. The summed E-state index contributed by atoms with van der Waals surface area (Å²) in [6.45, 7) is 2.16. The molecule has 4 nitrogen and oxygen atoms in total. The zero-order valence-electron chi connectivity index (χ0n) is 11.6. The second-order valence-corrected chi connectivity index (χ2v) is 5.04. The van der Waals surface area contributed by atoms with Crippen LogP contribution in [0.3, 0.4) is 0 Å². The first-order valence-electron chi connectivity index (χ1n) is 6.76. The average molecular weight is 272 g/mol. The fourth-order valence-electron chi connectivity index (χ4n) is 2.68. The highest BCUT2D eigenvalue weighted by molar-refractivity contribution is 5.67. The van der Waals surface area contributed by atoms with Gasteiger partial charge in [0.25, 0.3) is 0 Å². The molecule has 2 aromatic rings. The normalized spacial score (nSPS) is 17.8. The first-order valence-corrected chi connectivity index (χ1v) is 6.76. The molecule has 5 heteroatoms. The largest absolute Gasteiger partial charge is 0.373 e. The van der Waals surface area contributed by atoms with Gasteiger partial charge in [0.1, 0.15) is 23.8 Å². The molecule has 1 aromatic heterocycles. The molecular weight excluding hydrogens is 255 g/mol. The van der Waals surface area contributed by atoms with Crippen LogP contribution in [0.2, 0.25) is 0 Å². The number of benzene rings is 1. The van der Waals surface area contributed by atoms with E-state index in [2.05, 4.69) is 27.1 Å². The highest BCUT2D eigenvalue weighted by Crippen LogP contribution is 2.36. The zero-order chi connectivity index (χ0) is 14.1. The number of anilines is 3. The van der Waals surface area contributed by atoms with Crippen LogP contribution in [-0.4, -0.2) is 23.1 Å². The lowest BCUT2D eigenvalue weighted by Gasteiger charge is -2.36. The van der Waals surface area contributed by atoms with Gasteiger partial charge in [-0.25, -0.2) is 14.4 Å². The lowest BCUT2D eigenvalue weighted by molar-refractivity contribution is 0.595. The number of hydrogen-bond acceptors (Lipinski definition) is 4. The Balaban J connectivity index is 2.08. The predicted octanol–water partition coefficient (Wildman–Crippen LogP) is 3.13. The topological polar surface area (TPSA) is 41.0 Å². The Bertz CT molecular complexity index is 629. The van der Waals surface area contributed by atoms with E-state index in [1.54, 1.807) is 12.4 Å². The van der Waals surface area contributed by atoms with Gasteiger partial charge in [0, 0.05) is 24.8 Å². The van der Waals surface area contributed by atoms with Crippen molar-refractivity contribution in [2.24, 2.45) is 0 Å². The van der Waals surface area contributed by atoms with E-state index in [9.17, 15) is 4.39 Å². The number of aromatic nitrogens is 2. The number of fused-ring (bicyclic) bond motifs is 1. The van der Waals surface area contributed by atoms with Crippen molar-refractivity contribution < 1.29 is 4.39 Å². The van der Waals surface area contributed by atoms with E-state index >= 15 is 0 Å². The van der Waals surface area contributed by atoms with Crippen LogP contribution in [0.1, 0.15) is 18.9 Å². The fraction of sp³-hybridized carbons (Fsp3) is 0.333. The van der Waals surface area contributed by atoms with E-state index in [1.165, 1.54) is 6.07 Å². The number of aryl methyl sites for hydroxylation is 1. The predicted molar refractivity (Wildman–Crippen MR) is 77.9 cm³/mol. The maximum absolute atomic E-state index is 13.4. The maximum atomic E-state index is 13.4. The number of nitrogens with one attached hydrogen (secondary N) is 1.